The molecule has 112 valence electrons. The number of aryl methyl sites for hydroxylation is 2. The zero-order chi connectivity index (χ0) is 15.2. The average Bonchev–Trinajstić information content (AvgIpc) is 2.84. The van der Waals surface area contributed by atoms with Crippen LogP contribution in [-0.2, 0) is 0 Å². The Morgan fingerprint density at radius 1 is 1.43 bits per heavy atom. The van der Waals surface area contributed by atoms with Crippen molar-refractivity contribution in [1.29, 1.82) is 0 Å². The van der Waals surface area contributed by atoms with Crippen LogP contribution in [0.2, 0.25) is 5.02 Å². The van der Waals surface area contributed by atoms with Crippen molar-refractivity contribution in [2.45, 2.75) is 13.8 Å². The van der Waals surface area contributed by atoms with E-state index in [9.17, 15) is 4.79 Å². The summed E-state index contributed by atoms with van der Waals surface area (Å²) in [4.78, 5) is 16.7. The molecule has 0 atom stereocenters. The van der Waals surface area contributed by atoms with Crippen LogP contribution in [0.1, 0.15) is 10.4 Å². The van der Waals surface area contributed by atoms with E-state index in [4.69, 9.17) is 16.3 Å². The van der Waals surface area contributed by atoms with Crippen LogP contribution in [0.5, 0.6) is 5.75 Å². The van der Waals surface area contributed by atoms with Gasteiger partial charge in [-0.1, -0.05) is 11.6 Å². The molecule has 0 saturated carbocycles. The van der Waals surface area contributed by atoms with Gasteiger partial charge < -0.3 is 10.1 Å². The van der Waals surface area contributed by atoms with E-state index in [1.165, 1.54) is 11.3 Å². The van der Waals surface area contributed by atoms with Gasteiger partial charge in [-0.25, -0.2) is 9.78 Å². The number of carbonyl (C=O) groups is 1. The molecule has 0 aliphatic carbocycles. The monoisotopic (exact) mass is 325 g/mol. The van der Waals surface area contributed by atoms with Gasteiger partial charge in [-0.05, 0) is 37.6 Å². The number of amides is 2. The van der Waals surface area contributed by atoms with Crippen molar-refractivity contribution in [2.75, 3.05) is 18.5 Å². The third kappa shape index (κ3) is 4.91. The first kappa shape index (κ1) is 15.6. The highest BCUT2D eigenvalue weighted by molar-refractivity contribution is 7.15. The summed E-state index contributed by atoms with van der Waals surface area (Å²) in [6.45, 7) is 4.63. The van der Waals surface area contributed by atoms with Gasteiger partial charge in [-0.15, -0.1) is 11.3 Å². The molecular formula is C14H16ClN3O2S. The first-order valence-corrected chi connectivity index (χ1v) is 7.60. The molecule has 2 N–H and O–H groups in total. The second kappa shape index (κ2) is 7.28. The Kier molecular flexibility index (Phi) is 5.41. The lowest BCUT2D eigenvalue weighted by Gasteiger charge is -2.09. The fourth-order valence-corrected chi connectivity index (χ4v) is 2.37. The van der Waals surface area contributed by atoms with Crippen LogP contribution in [0.4, 0.5) is 9.93 Å². The number of anilines is 1. The van der Waals surface area contributed by atoms with Gasteiger partial charge in [-0.3, -0.25) is 5.32 Å². The van der Waals surface area contributed by atoms with Gasteiger partial charge in [0.15, 0.2) is 5.13 Å². The predicted molar refractivity (Wildman–Crippen MR) is 85.6 cm³/mol. The molecule has 0 saturated heterocycles. The number of nitrogens with zero attached hydrogens (tertiary/aromatic N) is 1. The van der Waals surface area contributed by atoms with Crippen LogP contribution in [0, 0.1) is 13.8 Å². The number of hydrogen-bond acceptors (Lipinski definition) is 4. The van der Waals surface area contributed by atoms with E-state index >= 15 is 0 Å². The fourth-order valence-electron chi connectivity index (χ4n) is 1.59. The van der Waals surface area contributed by atoms with Crippen LogP contribution >= 0.6 is 22.9 Å². The number of urea groups is 1. The topological polar surface area (TPSA) is 63.2 Å². The van der Waals surface area contributed by atoms with Crippen molar-refractivity contribution >= 4 is 34.1 Å². The highest BCUT2D eigenvalue weighted by Gasteiger charge is 2.04. The Morgan fingerprint density at radius 3 is 2.90 bits per heavy atom. The van der Waals surface area contributed by atoms with E-state index in [-0.39, 0.29) is 6.03 Å². The number of rotatable bonds is 5. The van der Waals surface area contributed by atoms with Crippen molar-refractivity contribution in [3.63, 3.8) is 0 Å². The Bertz CT molecular complexity index is 630. The quantitative estimate of drug-likeness (QED) is 0.825. The van der Waals surface area contributed by atoms with E-state index in [1.807, 2.05) is 19.9 Å². The number of thiazole rings is 1. The molecular weight excluding hydrogens is 310 g/mol. The summed E-state index contributed by atoms with van der Waals surface area (Å²) in [5.41, 5.74) is 0.957. The molecule has 0 aliphatic heterocycles. The predicted octanol–water partition coefficient (Wildman–Crippen LogP) is 3.61. The second-order valence-corrected chi connectivity index (χ2v) is 6.06. The smallest absolute Gasteiger partial charge is 0.321 e. The lowest BCUT2D eigenvalue weighted by Crippen LogP contribution is -2.32. The summed E-state index contributed by atoms with van der Waals surface area (Å²) in [5, 5.41) is 6.65. The summed E-state index contributed by atoms with van der Waals surface area (Å²) < 4.78 is 5.53. The third-order valence-electron chi connectivity index (χ3n) is 2.63. The van der Waals surface area contributed by atoms with Crippen LogP contribution in [-0.4, -0.2) is 24.2 Å². The molecule has 2 amide bonds. The Balaban J connectivity index is 1.69. The average molecular weight is 326 g/mol. The van der Waals surface area contributed by atoms with E-state index < -0.39 is 0 Å². The summed E-state index contributed by atoms with van der Waals surface area (Å²) in [7, 11) is 0. The van der Waals surface area contributed by atoms with Gasteiger partial charge in [0, 0.05) is 16.1 Å². The fraction of sp³-hybridized carbons (Fsp3) is 0.286. The van der Waals surface area contributed by atoms with Gasteiger partial charge in [-0.2, -0.15) is 0 Å². The maximum absolute atomic E-state index is 11.6. The maximum Gasteiger partial charge on any atom is 0.321 e. The van der Waals surface area contributed by atoms with Crippen molar-refractivity contribution < 1.29 is 9.53 Å². The van der Waals surface area contributed by atoms with Gasteiger partial charge >= 0.3 is 6.03 Å². The molecule has 7 heteroatoms. The molecule has 21 heavy (non-hydrogen) atoms. The van der Waals surface area contributed by atoms with Crippen LogP contribution in [0.3, 0.4) is 0 Å². The molecule has 1 aromatic carbocycles. The van der Waals surface area contributed by atoms with Gasteiger partial charge in [0.05, 0.1) is 6.54 Å². The number of benzene rings is 1. The highest BCUT2D eigenvalue weighted by Crippen LogP contribution is 2.20. The largest absolute Gasteiger partial charge is 0.492 e. The summed E-state index contributed by atoms with van der Waals surface area (Å²) in [6, 6.07) is 5.16. The minimum Gasteiger partial charge on any atom is -0.492 e. The molecule has 1 aromatic heterocycles. The van der Waals surface area contributed by atoms with E-state index in [2.05, 4.69) is 15.6 Å². The Morgan fingerprint density at radius 2 is 2.24 bits per heavy atom. The standard InChI is InChI=1S/C14H16ClN3O2S/c1-9-7-11(3-4-12(9)15)20-6-5-16-13(19)18-14-17-8-10(2)21-14/h3-4,7-8H,5-6H2,1-2H3,(H2,16,17,18,19). The van der Waals surface area contributed by atoms with Gasteiger partial charge in [0.2, 0.25) is 0 Å². The lowest BCUT2D eigenvalue weighted by molar-refractivity contribution is 0.247. The summed E-state index contributed by atoms with van der Waals surface area (Å²) in [5.74, 6) is 0.731. The van der Waals surface area contributed by atoms with E-state index in [1.54, 1.807) is 18.3 Å². The lowest BCUT2D eigenvalue weighted by atomic mass is 10.2. The van der Waals surface area contributed by atoms with Crippen molar-refractivity contribution in [3.05, 3.63) is 39.9 Å². The number of nitrogens with one attached hydrogen (secondary N) is 2. The summed E-state index contributed by atoms with van der Waals surface area (Å²) in [6.07, 6.45) is 1.71. The molecule has 0 fully saturated rings. The molecule has 2 rings (SSSR count). The first-order valence-electron chi connectivity index (χ1n) is 6.41. The molecule has 0 bridgehead atoms. The molecule has 0 unspecified atom stereocenters. The zero-order valence-corrected chi connectivity index (χ0v) is 13.3. The Hall–Kier alpha value is -1.79. The third-order valence-corrected chi connectivity index (χ3v) is 3.88. The van der Waals surface area contributed by atoms with Gasteiger partial charge in [0.25, 0.3) is 0 Å². The minimum absolute atomic E-state index is 0.291. The van der Waals surface area contributed by atoms with Crippen LogP contribution in [0.15, 0.2) is 24.4 Å². The highest BCUT2D eigenvalue weighted by atomic mass is 35.5. The molecule has 0 radical (unpaired) electrons. The van der Waals surface area contributed by atoms with Gasteiger partial charge in [0.1, 0.15) is 12.4 Å². The SMILES string of the molecule is Cc1cnc(NC(=O)NCCOc2ccc(Cl)c(C)c2)s1. The van der Waals surface area contributed by atoms with E-state index in [0.29, 0.717) is 23.3 Å². The number of carbonyl (C=O) groups excluding carboxylic acids is 1. The molecule has 5 nitrogen and oxygen atoms in total. The van der Waals surface area contributed by atoms with Crippen molar-refractivity contribution in [1.82, 2.24) is 10.3 Å². The van der Waals surface area contributed by atoms with Crippen LogP contribution in [0.25, 0.3) is 0 Å². The Labute approximate surface area is 132 Å². The van der Waals surface area contributed by atoms with Crippen LogP contribution < -0.4 is 15.4 Å². The number of ether oxygens (including phenoxy) is 1. The number of hydrogen-bond donors (Lipinski definition) is 2. The molecule has 0 aliphatic rings. The van der Waals surface area contributed by atoms with Crippen molar-refractivity contribution in [2.24, 2.45) is 0 Å². The maximum atomic E-state index is 11.6. The molecule has 1 heterocycles. The van der Waals surface area contributed by atoms with Crippen molar-refractivity contribution in [3.8, 4) is 5.75 Å². The first-order chi connectivity index (χ1) is 10.0. The second-order valence-electron chi connectivity index (χ2n) is 4.42. The summed E-state index contributed by atoms with van der Waals surface area (Å²) >= 11 is 7.36. The molecule has 2 aromatic rings. The minimum atomic E-state index is -0.291. The van der Waals surface area contributed by atoms with E-state index in [0.717, 1.165) is 16.2 Å². The normalized spacial score (nSPS) is 10.2. The molecule has 0 spiro atoms. The number of aromatic nitrogens is 1. The zero-order valence-electron chi connectivity index (χ0n) is 11.8. The number of halogens is 1.